The molecule has 4 aromatic rings. The summed E-state index contributed by atoms with van der Waals surface area (Å²) < 4.78 is 33.5. The number of pyridine rings is 1. The third kappa shape index (κ3) is 25.5. The molecule has 6 amide bonds. The quantitative estimate of drug-likeness (QED) is 0.0132. The number of rotatable bonds is 46. The van der Waals surface area contributed by atoms with E-state index in [4.69, 9.17) is 23.7 Å². The summed E-state index contributed by atoms with van der Waals surface area (Å²) >= 11 is 3.37. The molecule has 0 unspecified atom stereocenters. The highest BCUT2D eigenvalue weighted by Gasteiger charge is 2.67. The Kier molecular flexibility index (Phi) is 32.2. The number of unbranched alkanes of at least 4 members (excludes halogenated alkanes) is 13. The fourth-order valence-corrected chi connectivity index (χ4v) is 11.6. The lowest BCUT2D eigenvalue weighted by molar-refractivity contribution is -0.145. The van der Waals surface area contributed by atoms with E-state index in [1.807, 2.05) is 25.1 Å². The molecule has 1 aromatic carbocycles. The molecule has 2 aliphatic rings. The maximum absolute atomic E-state index is 14.5. The molecular weight excluding hydrogens is 1270 g/mol. The first kappa shape index (κ1) is 74.7. The Labute approximate surface area is 552 Å². The van der Waals surface area contributed by atoms with Crippen molar-refractivity contribution in [1.29, 1.82) is 0 Å². The number of methoxy groups -OCH3 is 2. The molecule has 93 heavy (non-hydrogen) atoms. The number of amides is 6. The Morgan fingerprint density at radius 1 is 0.645 bits per heavy atom. The van der Waals surface area contributed by atoms with E-state index in [0.29, 0.717) is 46.4 Å². The lowest BCUT2D eigenvalue weighted by Gasteiger charge is -2.27. The minimum Gasteiger partial charge on any atom is -0.469 e. The number of halogens is 1. The fraction of sp³-hybridized carbons (Fsp3) is 0.621. The molecule has 510 valence electrons. The van der Waals surface area contributed by atoms with Crippen LogP contribution < -0.4 is 26.6 Å². The van der Waals surface area contributed by atoms with Crippen LogP contribution in [-0.4, -0.2) is 188 Å². The van der Waals surface area contributed by atoms with Crippen molar-refractivity contribution in [2.75, 3.05) is 92.0 Å². The van der Waals surface area contributed by atoms with Gasteiger partial charge < -0.3 is 59.9 Å². The number of nitrogens with one attached hydrogen (secondary N) is 5. The number of hydrogen-bond acceptors (Lipinski definition) is 19. The third-order valence-corrected chi connectivity index (χ3v) is 17.0. The van der Waals surface area contributed by atoms with Crippen molar-refractivity contribution in [2.45, 2.75) is 174 Å². The Balaban J connectivity index is 0.773. The zero-order chi connectivity index (χ0) is 67.0. The maximum Gasteiger partial charge on any atom is 0.328 e. The van der Waals surface area contributed by atoms with Crippen LogP contribution in [0.2, 0.25) is 0 Å². The normalized spacial score (nSPS) is 15.9. The van der Waals surface area contributed by atoms with Crippen molar-refractivity contribution >= 4 is 85.8 Å². The van der Waals surface area contributed by atoms with Crippen molar-refractivity contribution < 1.29 is 71.6 Å². The minimum absolute atomic E-state index is 0.000771. The van der Waals surface area contributed by atoms with Gasteiger partial charge in [-0.05, 0) is 91.2 Å². The minimum atomic E-state index is -0.928. The van der Waals surface area contributed by atoms with Gasteiger partial charge in [-0.2, -0.15) is 5.10 Å². The smallest absolute Gasteiger partial charge is 0.328 e. The van der Waals surface area contributed by atoms with E-state index in [1.165, 1.54) is 77.2 Å². The van der Waals surface area contributed by atoms with Gasteiger partial charge in [0.2, 0.25) is 35.4 Å². The van der Waals surface area contributed by atoms with Crippen LogP contribution in [0.5, 0.6) is 0 Å². The monoisotopic (exact) mass is 1360 g/mol. The molecule has 26 nitrogen and oxygen atoms in total. The second-order valence-electron chi connectivity index (χ2n) is 23.7. The van der Waals surface area contributed by atoms with E-state index in [9.17, 15) is 43.2 Å². The molecule has 1 saturated carbocycles. The van der Waals surface area contributed by atoms with Crippen LogP contribution in [0.3, 0.4) is 0 Å². The molecule has 27 heteroatoms. The van der Waals surface area contributed by atoms with Crippen molar-refractivity contribution in [1.82, 2.24) is 50.9 Å². The van der Waals surface area contributed by atoms with Crippen LogP contribution in [0.15, 0.2) is 47.3 Å². The topological polar surface area (TPSA) is 329 Å². The molecule has 0 spiro atoms. The zero-order valence-corrected chi connectivity index (χ0v) is 56.2. The van der Waals surface area contributed by atoms with Gasteiger partial charge in [0.25, 0.3) is 0 Å². The van der Waals surface area contributed by atoms with Crippen LogP contribution in [-0.2, 0) is 73.3 Å². The lowest BCUT2D eigenvalue weighted by Crippen LogP contribution is -2.47. The second-order valence-corrected chi connectivity index (χ2v) is 24.5. The van der Waals surface area contributed by atoms with Gasteiger partial charge in [-0.25, -0.2) is 19.7 Å². The molecule has 5 N–H and O–H groups in total. The van der Waals surface area contributed by atoms with E-state index in [2.05, 4.69) is 67.3 Å². The van der Waals surface area contributed by atoms with Crippen molar-refractivity contribution in [2.24, 2.45) is 5.41 Å². The summed E-state index contributed by atoms with van der Waals surface area (Å²) in [5.74, 6) is -2.14. The summed E-state index contributed by atoms with van der Waals surface area (Å²) in [6.07, 6.45) is 20.7. The van der Waals surface area contributed by atoms with Crippen molar-refractivity contribution in [3.8, 4) is 11.1 Å². The van der Waals surface area contributed by atoms with E-state index in [-0.39, 0.29) is 151 Å². The second kappa shape index (κ2) is 40.0. The summed E-state index contributed by atoms with van der Waals surface area (Å²) in [5.41, 5.74) is 2.45. The molecule has 6 rings (SSSR count). The average molecular weight is 1360 g/mol. The van der Waals surface area contributed by atoms with Gasteiger partial charge in [0.15, 0.2) is 5.78 Å². The number of benzene rings is 1. The molecule has 4 heterocycles. The number of aromatic nitrogens is 5. The molecule has 0 bridgehead atoms. The number of piperidine rings is 1. The van der Waals surface area contributed by atoms with Crippen molar-refractivity contribution in [3.05, 3.63) is 64.4 Å². The molecule has 2 fully saturated rings. The average Bonchev–Trinajstić information content (AvgIpc) is 1.54. The summed E-state index contributed by atoms with van der Waals surface area (Å²) in [5, 5.41) is 19.1. The van der Waals surface area contributed by atoms with Crippen LogP contribution in [0.1, 0.15) is 157 Å². The van der Waals surface area contributed by atoms with Crippen LogP contribution in [0.25, 0.3) is 22.0 Å². The predicted octanol–water partition coefficient (Wildman–Crippen LogP) is 6.74. The number of likely N-dealkylation sites (tertiary alicyclic amines) is 1. The first-order valence-corrected chi connectivity index (χ1v) is 33.3. The van der Waals surface area contributed by atoms with E-state index in [0.717, 1.165) is 55.2 Å². The number of aryl methyl sites for hydroxylation is 2. The largest absolute Gasteiger partial charge is 0.469 e. The summed E-state index contributed by atoms with van der Waals surface area (Å²) in [4.78, 5) is 130. The molecule has 1 saturated heterocycles. The number of hydrogen-bond donors (Lipinski definition) is 5. The number of ether oxygens (including phenoxy) is 6. The number of carbonyl (C=O) groups excluding carboxylic acids is 9. The highest BCUT2D eigenvalue weighted by molar-refractivity contribution is 9.10. The number of esters is 2. The highest BCUT2D eigenvalue weighted by atomic mass is 79.9. The molecule has 1 aliphatic heterocycles. The number of nitrogens with zero attached hydrogens (tertiary/aromatic N) is 6. The van der Waals surface area contributed by atoms with Crippen LogP contribution >= 0.6 is 15.9 Å². The number of ketones is 1. The molecule has 4 atom stereocenters. The van der Waals surface area contributed by atoms with Crippen LogP contribution in [0, 0.1) is 19.3 Å². The van der Waals surface area contributed by atoms with Gasteiger partial charge in [-0.1, -0.05) is 89.2 Å². The van der Waals surface area contributed by atoms with Gasteiger partial charge in [0, 0.05) is 80.6 Å². The van der Waals surface area contributed by atoms with Crippen molar-refractivity contribution in [3.63, 3.8) is 0 Å². The van der Waals surface area contributed by atoms with Gasteiger partial charge in [0.05, 0.1) is 59.4 Å². The summed E-state index contributed by atoms with van der Waals surface area (Å²) in [6.45, 7) is 5.90. The standard InChI is InChI=1S/C66H94BrN11O15/c1-45-22-26-55(67)74-63(45)75-64(86)53-37-66(38-54(66)78(53)60(84)41-77-52-25-23-48(49-39-70-47(3)71-40-49)36-50(52)62(76-77)46(2)79)44-72-59(83)43-93-35-33-91-31-29-69-58(82)42-92-34-32-90-30-28-68-56(80)27-24-51(65(87)89-5)73-57(81)20-18-16-14-12-10-8-6-7-9-11-13-15-17-19-21-61(85)88-4/h22-23,25-26,36,39-40,51,53-54H,6-21,24,27-35,37-38,41-44H2,1-5H3,(H,68,80)(H,69,82)(H,72,83)(H,73,81)(H,74,75,86)/t51-,53-,54+,66-/m0/s1. The first-order valence-electron chi connectivity index (χ1n) is 32.5. The van der Waals surface area contributed by atoms with Gasteiger partial charge in [0.1, 0.15) is 53.8 Å². The van der Waals surface area contributed by atoms with Gasteiger partial charge in [-0.15, -0.1) is 0 Å². The lowest BCUT2D eigenvalue weighted by atomic mass is 9.99. The summed E-state index contributed by atoms with van der Waals surface area (Å²) in [6, 6.07) is 6.87. The SMILES string of the molecule is COC(=O)CCCCCCCCCCCCCCCCC(=O)N[C@@H](CCC(=O)NCCOCCOCC(=O)NCCOCCOCC(=O)NC[C@@]12C[C@@H](C(=O)Nc3nc(Br)ccc3C)N(C(=O)Cn3nc(C(C)=O)c4cc(-c5cnc(C)nc5)ccc43)[C@@H]1C2)C(=O)OC. The molecular formula is C66H94BrN11O15. The Bertz CT molecular complexity index is 3110. The fourth-order valence-electron chi connectivity index (χ4n) is 11.3. The van der Waals surface area contributed by atoms with E-state index < -0.39 is 29.4 Å². The highest BCUT2D eigenvalue weighted by Crippen LogP contribution is 2.59. The number of fused-ring (bicyclic) bond motifs is 2. The number of carbonyl (C=O) groups is 9. The Hall–Kier alpha value is -7.33. The number of Topliss-reactive ketones (excluding diaryl/α,β-unsaturated/α-hetero) is 1. The molecule has 0 radical (unpaired) electrons. The summed E-state index contributed by atoms with van der Waals surface area (Å²) in [7, 11) is 2.67. The van der Waals surface area contributed by atoms with Gasteiger partial charge in [-0.3, -0.25) is 43.0 Å². The maximum atomic E-state index is 14.5. The van der Waals surface area contributed by atoms with Gasteiger partial charge >= 0.3 is 11.9 Å². The van der Waals surface area contributed by atoms with E-state index >= 15 is 0 Å². The Morgan fingerprint density at radius 2 is 1.23 bits per heavy atom. The third-order valence-electron chi connectivity index (χ3n) is 16.5. The molecule has 1 aliphatic carbocycles. The van der Waals surface area contributed by atoms with E-state index in [1.54, 1.807) is 36.4 Å². The zero-order valence-electron chi connectivity index (χ0n) is 54.6. The number of anilines is 1. The predicted molar refractivity (Wildman–Crippen MR) is 348 cm³/mol. The Morgan fingerprint density at radius 3 is 1.83 bits per heavy atom. The molecule has 3 aromatic heterocycles. The van der Waals surface area contributed by atoms with Crippen LogP contribution in [0.4, 0.5) is 5.82 Å². The first-order chi connectivity index (χ1) is 44.9.